The van der Waals surface area contributed by atoms with E-state index in [0.29, 0.717) is 24.1 Å². The number of hydrogen-bond acceptors (Lipinski definition) is 3. The van der Waals surface area contributed by atoms with E-state index in [1.807, 2.05) is 42.5 Å². The van der Waals surface area contributed by atoms with Gasteiger partial charge >= 0.3 is 6.03 Å². The highest BCUT2D eigenvalue weighted by Crippen LogP contribution is 2.31. The Morgan fingerprint density at radius 1 is 1.08 bits per heavy atom. The van der Waals surface area contributed by atoms with Crippen LogP contribution >= 0.6 is 0 Å². The van der Waals surface area contributed by atoms with Crippen molar-refractivity contribution in [3.63, 3.8) is 0 Å². The first-order valence-electron chi connectivity index (χ1n) is 8.14. The van der Waals surface area contributed by atoms with E-state index in [1.165, 1.54) is 0 Å². The number of nitrogens with one attached hydrogen (secondary N) is 2. The fourth-order valence-electron chi connectivity index (χ4n) is 3.55. The Morgan fingerprint density at radius 3 is 2.60 bits per heavy atom. The average Bonchev–Trinajstić information content (AvgIpc) is 2.94. The Labute approximate surface area is 144 Å². The van der Waals surface area contributed by atoms with Crippen LogP contribution in [-0.4, -0.2) is 35.8 Å². The van der Waals surface area contributed by atoms with E-state index in [2.05, 4.69) is 10.6 Å². The number of hydrogen-bond donors (Lipinski definition) is 2. The molecule has 6 nitrogen and oxygen atoms in total. The van der Waals surface area contributed by atoms with E-state index in [4.69, 9.17) is 0 Å². The minimum absolute atomic E-state index is 0.0952. The molecule has 126 valence electrons. The smallest absolute Gasteiger partial charge is 0.322 e. The Morgan fingerprint density at radius 2 is 1.88 bits per heavy atom. The van der Waals surface area contributed by atoms with E-state index in [1.54, 1.807) is 17.0 Å². The molecular formula is C19H17N3O3. The maximum atomic E-state index is 12.8. The summed E-state index contributed by atoms with van der Waals surface area (Å²) in [6, 6.07) is 8.48. The number of urea groups is 1. The van der Waals surface area contributed by atoms with Crippen molar-refractivity contribution in [1.82, 2.24) is 15.5 Å². The van der Waals surface area contributed by atoms with Crippen LogP contribution in [0, 0.1) is 0 Å². The molecule has 2 aliphatic heterocycles. The van der Waals surface area contributed by atoms with Crippen LogP contribution < -0.4 is 10.6 Å². The first-order chi connectivity index (χ1) is 12.1. The minimum Gasteiger partial charge on any atom is -0.331 e. The van der Waals surface area contributed by atoms with Crippen LogP contribution in [0.1, 0.15) is 12.0 Å². The highest BCUT2D eigenvalue weighted by molar-refractivity contribution is 6.08. The molecule has 1 saturated heterocycles. The summed E-state index contributed by atoms with van der Waals surface area (Å²) in [6.07, 6.45) is 8.30. The van der Waals surface area contributed by atoms with Gasteiger partial charge in [0.15, 0.2) is 5.54 Å². The first-order valence-corrected chi connectivity index (χ1v) is 8.14. The topological polar surface area (TPSA) is 78.5 Å². The van der Waals surface area contributed by atoms with Gasteiger partial charge in [0, 0.05) is 12.1 Å². The Kier molecular flexibility index (Phi) is 3.53. The van der Waals surface area contributed by atoms with Gasteiger partial charge in [-0.15, -0.1) is 0 Å². The van der Waals surface area contributed by atoms with Crippen LogP contribution in [0.2, 0.25) is 0 Å². The quantitative estimate of drug-likeness (QED) is 0.819. The van der Waals surface area contributed by atoms with E-state index >= 15 is 0 Å². The van der Waals surface area contributed by atoms with Gasteiger partial charge in [-0.05, 0) is 23.6 Å². The molecular weight excluding hydrogens is 318 g/mol. The van der Waals surface area contributed by atoms with Crippen LogP contribution in [-0.2, 0) is 15.1 Å². The van der Waals surface area contributed by atoms with Gasteiger partial charge < -0.3 is 10.2 Å². The molecule has 0 aromatic heterocycles. The molecule has 6 heteroatoms. The summed E-state index contributed by atoms with van der Waals surface area (Å²) >= 11 is 0. The molecule has 0 spiro atoms. The van der Waals surface area contributed by atoms with Gasteiger partial charge in [-0.25, -0.2) is 4.79 Å². The molecule has 1 fully saturated rings. The monoisotopic (exact) mass is 335 g/mol. The molecule has 1 unspecified atom stereocenters. The summed E-state index contributed by atoms with van der Waals surface area (Å²) in [7, 11) is 0. The SMILES string of the molecule is O=C1NC(=O)C(CN2CC3=C(C=CC=CC3)C2=O)(c2ccccc2)N1. The molecule has 4 amide bonds. The molecule has 1 aliphatic carbocycles. The van der Waals surface area contributed by atoms with Gasteiger partial charge in [-0.3, -0.25) is 14.9 Å². The van der Waals surface area contributed by atoms with Crippen LogP contribution in [0.3, 0.4) is 0 Å². The van der Waals surface area contributed by atoms with E-state index < -0.39 is 17.5 Å². The van der Waals surface area contributed by atoms with Crippen molar-refractivity contribution >= 4 is 17.8 Å². The highest BCUT2D eigenvalue weighted by atomic mass is 16.2. The van der Waals surface area contributed by atoms with Crippen molar-refractivity contribution in [2.45, 2.75) is 12.0 Å². The third-order valence-electron chi connectivity index (χ3n) is 4.79. The number of rotatable bonds is 3. The molecule has 1 aromatic rings. The normalized spacial score (nSPS) is 25.1. The largest absolute Gasteiger partial charge is 0.331 e. The minimum atomic E-state index is -1.27. The molecule has 4 rings (SSSR count). The number of allylic oxidation sites excluding steroid dienone is 3. The van der Waals surface area contributed by atoms with Crippen LogP contribution in [0.5, 0.6) is 0 Å². The van der Waals surface area contributed by atoms with E-state index in [-0.39, 0.29) is 12.5 Å². The van der Waals surface area contributed by atoms with Gasteiger partial charge in [0.05, 0.1) is 6.54 Å². The molecule has 2 N–H and O–H groups in total. The Balaban J connectivity index is 1.67. The summed E-state index contributed by atoms with van der Waals surface area (Å²) in [5.74, 6) is -0.548. The average molecular weight is 335 g/mol. The van der Waals surface area contributed by atoms with Crippen molar-refractivity contribution in [2.75, 3.05) is 13.1 Å². The van der Waals surface area contributed by atoms with Crippen LogP contribution in [0.15, 0.2) is 65.8 Å². The lowest BCUT2D eigenvalue weighted by atomic mass is 9.89. The second-order valence-corrected chi connectivity index (χ2v) is 6.35. The maximum Gasteiger partial charge on any atom is 0.322 e. The molecule has 1 atom stereocenters. The fourth-order valence-corrected chi connectivity index (χ4v) is 3.55. The Hall–Kier alpha value is -3.15. The molecule has 2 heterocycles. The number of amides is 4. The van der Waals surface area contributed by atoms with Gasteiger partial charge in [0.2, 0.25) is 0 Å². The number of carbonyl (C=O) groups is 3. The van der Waals surface area contributed by atoms with E-state index in [9.17, 15) is 14.4 Å². The molecule has 3 aliphatic rings. The molecule has 0 bridgehead atoms. The van der Waals surface area contributed by atoms with Crippen molar-refractivity contribution in [2.24, 2.45) is 0 Å². The predicted molar refractivity (Wildman–Crippen MR) is 91.3 cm³/mol. The summed E-state index contributed by atoms with van der Waals surface area (Å²) in [6.45, 7) is 0.554. The predicted octanol–water partition coefficient (Wildman–Crippen LogP) is 1.38. The summed E-state index contributed by atoms with van der Waals surface area (Å²) in [5.41, 5.74) is 1.10. The van der Waals surface area contributed by atoms with Gasteiger partial charge in [-0.2, -0.15) is 0 Å². The van der Waals surface area contributed by atoms with Gasteiger partial charge in [0.1, 0.15) is 0 Å². The second-order valence-electron chi connectivity index (χ2n) is 6.35. The first kappa shape index (κ1) is 15.4. The zero-order chi connectivity index (χ0) is 17.4. The number of imide groups is 1. The lowest BCUT2D eigenvalue weighted by Gasteiger charge is -2.31. The summed E-state index contributed by atoms with van der Waals surface area (Å²) < 4.78 is 0. The van der Waals surface area contributed by atoms with Gasteiger partial charge in [0.25, 0.3) is 11.8 Å². The standard InChI is InChI=1S/C19H17N3O3/c23-16-15-10-6-1-3-7-13(15)11-22(16)12-19(14-8-4-2-5-9-14)17(24)20-18(25)21-19/h1-6,8-10H,7,11-12H2,(H2,20,21,24,25). The molecule has 25 heavy (non-hydrogen) atoms. The summed E-state index contributed by atoms with van der Waals surface area (Å²) in [5, 5.41) is 5.03. The fraction of sp³-hybridized carbons (Fsp3) is 0.211. The molecule has 1 aromatic carbocycles. The lowest BCUT2D eigenvalue weighted by Crippen LogP contribution is -2.53. The van der Waals surface area contributed by atoms with Crippen molar-refractivity contribution in [3.05, 3.63) is 71.3 Å². The third-order valence-corrected chi connectivity index (χ3v) is 4.79. The Bertz CT molecular complexity index is 854. The second kappa shape index (κ2) is 5.73. The van der Waals surface area contributed by atoms with E-state index in [0.717, 1.165) is 5.57 Å². The van der Waals surface area contributed by atoms with Gasteiger partial charge in [-0.1, -0.05) is 48.6 Å². The van der Waals surface area contributed by atoms with Crippen molar-refractivity contribution in [1.29, 1.82) is 0 Å². The molecule has 0 radical (unpaired) electrons. The van der Waals surface area contributed by atoms with Crippen molar-refractivity contribution < 1.29 is 14.4 Å². The van der Waals surface area contributed by atoms with Crippen molar-refractivity contribution in [3.8, 4) is 0 Å². The van der Waals surface area contributed by atoms with Crippen LogP contribution in [0.4, 0.5) is 4.79 Å². The number of nitrogens with zero attached hydrogens (tertiary/aromatic N) is 1. The number of benzene rings is 1. The van der Waals surface area contributed by atoms with Crippen LogP contribution in [0.25, 0.3) is 0 Å². The zero-order valence-corrected chi connectivity index (χ0v) is 13.5. The number of carbonyl (C=O) groups excluding carboxylic acids is 3. The summed E-state index contributed by atoms with van der Waals surface area (Å²) in [4.78, 5) is 38.8. The third kappa shape index (κ3) is 2.46. The molecule has 0 saturated carbocycles. The zero-order valence-electron chi connectivity index (χ0n) is 13.5. The maximum absolute atomic E-state index is 12.8. The lowest BCUT2D eigenvalue weighted by molar-refractivity contribution is -0.129. The highest BCUT2D eigenvalue weighted by Gasteiger charge is 2.50.